The van der Waals surface area contributed by atoms with Crippen LogP contribution >= 0.6 is 0 Å². The minimum Gasteiger partial charge on any atom is -0.508 e. The van der Waals surface area contributed by atoms with Crippen molar-refractivity contribution >= 4 is 11.8 Å². The smallest absolute Gasteiger partial charge is 0.237 e. The number of rotatable bonds is 11. The molecule has 0 bridgehead atoms. The van der Waals surface area contributed by atoms with E-state index in [0.717, 1.165) is 90.9 Å². The van der Waals surface area contributed by atoms with Crippen molar-refractivity contribution in [2.45, 2.75) is 122 Å². The molecule has 0 radical (unpaired) electrons. The van der Waals surface area contributed by atoms with Crippen molar-refractivity contribution in [1.29, 1.82) is 0 Å². The van der Waals surface area contributed by atoms with Crippen molar-refractivity contribution in [3.63, 3.8) is 0 Å². The van der Waals surface area contributed by atoms with E-state index in [1.54, 1.807) is 6.07 Å². The van der Waals surface area contributed by atoms with E-state index in [4.69, 9.17) is 0 Å². The van der Waals surface area contributed by atoms with Gasteiger partial charge < -0.3 is 41.3 Å². The average Bonchev–Trinajstić information content (AvgIpc) is 4.10. The lowest BCUT2D eigenvalue weighted by Crippen LogP contribution is -2.54. The number of amides is 2. The van der Waals surface area contributed by atoms with E-state index in [9.17, 15) is 19.8 Å². The number of carbonyl (C=O) groups is 2. The number of hydrogen-bond donors (Lipinski definition) is 6. The molecule has 2 saturated carbocycles. The SMILES string of the molecule is Cc1c(O)ccc2c1CN[C@@H](C(=O)N[C@H](CN1CCC(C)CC1)C1CC1c1c(O)ccc3c1CN[C@@H](C(=O)N[C@H](CN1CCC(C)CC1)C1CC1)C3)C2. The fourth-order valence-electron chi connectivity index (χ4n) is 9.86. The van der Waals surface area contributed by atoms with E-state index in [1.165, 1.54) is 38.5 Å². The molecule has 6 N–H and O–H groups in total. The molecule has 2 unspecified atom stereocenters. The Labute approximate surface area is 315 Å². The number of carbonyl (C=O) groups excluding carboxylic acids is 2. The molecule has 10 heteroatoms. The molecule has 2 aromatic rings. The topological polar surface area (TPSA) is 129 Å². The standard InChI is InChI=1S/C43H62N6O4/c1-25-10-14-48(15-11-25)23-37(28-4-5-28)46-42(52)36-19-30-7-9-40(51)41(34(30)22-45-36)32-20-31(32)38(24-49-16-12-26(2)13-17-49)47-43(53)35-18-29-6-8-39(50)27(3)33(29)21-44-35/h6-9,25-26,28,31-32,35-38,44-45,50-51H,4-5,10-24H2,1-3H3,(H,46,52)(H,47,53)/t31?,32?,35-,36-,37-,38-/m1/s1. The second kappa shape index (κ2) is 15.5. The largest absolute Gasteiger partial charge is 0.508 e. The van der Waals surface area contributed by atoms with Gasteiger partial charge in [-0.3, -0.25) is 9.59 Å². The number of hydrogen-bond acceptors (Lipinski definition) is 8. The Morgan fingerprint density at radius 3 is 1.83 bits per heavy atom. The number of aromatic hydroxyl groups is 2. The molecular weight excluding hydrogens is 665 g/mol. The van der Waals surface area contributed by atoms with Crippen molar-refractivity contribution in [3.8, 4) is 11.5 Å². The van der Waals surface area contributed by atoms with E-state index in [1.807, 2.05) is 25.1 Å². The van der Waals surface area contributed by atoms with Crippen molar-refractivity contribution in [2.75, 3.05) is 39.3 Å². The van der Waals surface area contributed by atoms with Gasteiger partial charge in [-0.05, 0) is 160 Å². The number of nitrogens with one attached hydrogen (secondary N) is 4. The number of nitrogens with zero attached hydrogens (tertiary/aromatic N) is 2. The third-order valence-corrected chi connectivity index (χ3v) is 13.9. The second-order valence-corrected chi connectivity index (χ2v) is 17.8. The molecule has 2 saturated heterocycles. The van der Waals surface area contributed by atoms with Crippen LogP contribution in [-0.4, -0.2) is 95.3 Å². The summed E-state index contributed by atoms with van der Waals surface area (Å²) in [7, 11) is 0. The van der Waals surface area contributed by atoms with Crippen LogP contribution in [0.15, 0.2) is 24.3 Å². The molecule has 2 aromatic carbocycles. The monoisotopic (exact) mass is 726 g/mol. The van der Waals surface area contributed by atoms with Gasteiger partial charge in [-0.15, -0.1) is 0 Å². The molecule has 2 aliphatic carbocycles. The van der Waals surface area contributed by atoms with Crippen LogP contribution in [0.4, 0.5) is 0 Å². The highest BCUT2D eigenvalue weighted by molar-refractivity contribution is 5.83. The minimum atomic E-state index is -0.333. The number of benzene rings is 2. The highest BCUT2D eigenvalue weighted by Crippen LogP contribution is 2.54. The van der Waals surface area contributed by atoms with Gasteiger partial charge >= 0.3 is 0 Å². The summed E-state index contributed by atoms with van der Waals surface area (Å²) >= 11 is 0. The third-order valence-electron chi connectivity index (χ3n) is 13.9. The molecule has 0 spiro atoms. The predicted octanol–water partition coefficient (Wildman–Crippen LogP) is 4.08. The molecule has 10 nitrogen and oxygen atoms in total. The molecule has 53 heavy (non-hydrogen) atoms. The highest BCUT2D eigenvalue weighted by Gasteiger charge is 2.48. The summed E-state index contributed by atoms with van der Waals surface area (Å²) in [6, 6.07) is 7.10. The van der Waals surface area contributed by atoms with Crippen LogP contribution in [0, 0.1) is 30.6 Å². The van der Waals surface area contributed by atoms with Gasteiger partial charge in [-0.1, -0.05) is 26.0 Å². The first-order valence-corrected chi connectivity index (χ1v) is 20.8. The molecule has 2 amide bonds. The molecule has 4 fully saturated rings. The summed E-state index contributed by atoms with van der Waals surface area (Å²) in [5.41, 5.74) is 6.36. The van der Waals surface area contributed by atoms with Crippen LogP contribution in [0.3, 0.4) is 0 Å². The van der Waals surface area contributed by atoms with Gasteiger partial charge in [0.1, 0.15) is 11.5 Å². The lowest BCUT2D eigenvalue weighted by molar-refractivity contribution is -0.125. The fraction of sp³-hybridized carbons (Fsp3) is 0.674. The van der Waals surface area contributed by atoms with Gasteiger partial charge in [-0.2, -0.15) is 0 Å². The van der Waals surface area contributed by atoms with Gasteiger partial charge in [-0.25, -0.2) is 0 Å². The van der Waals surface area contributed by atoms with Crippen LogP contribution in [-0.2, 0) is 35.5 Å². The van der Waals surface area contributed by atoms with Gasteiger partial charge in [0.2, 0.25) is 11.8 Å². The predicted molar refractivity (Wildman–Crippen MR) is 207 cm³/mol. The van der Waals surface area contributed by atoms with E-state index in [-0.39, 0.29) is 47.8 Å². The van der Waals surface area contributed by atoms with Gasteiger partial charge in [0.25, 0.3) is 0 Å². The lowest BCUT2D eigenvalue weighted by Gasteiger charge is -2.35. The second-order valence-electron chi connectivity index (χ2n) is 17.8. The van der Waals surface area contributed by atoms with Crippen molar-refractivity contribution < 1.29 is 19.8 Å². The summed E-state index contributed by atoms with van der Waals surface area (Å²) in [4.78, 5) is 32.7. The van der Waals surface area contributed by atoms with Crippen molar-refractivity contribution in [1.82, 2.24) is 31.1 Å². The van der Waals surface area contributed by atoms with Gasteiger partial charge in [0, 0.05) is 43.8 Å². The first-order valence-electron chi connectivity index (χ1n) is 20.8. The summed E-state index contributed by atoms with van der Waals surface area (Å²) in [5, 5.41) is 35.5. The Balaban J connectivity index is 0.940. The molecule has 0 aromatic heterocycles. The number of fused-ring (bicyclic) bond motifs is 2. The van der Waals surface area contributed by atoms with E-state index in [0.29, 0.717) is 43.3 Å². The summed E-state index contributed by atoms with van der Waals surface area (Å²) < 4.78 is 0. The Morgan fingerprint density at radius 2 is 1.25 bits per heavy atom. The highest BCUT2D eigenvalue weighted by atomic mass is 16.3. The number of piperidine rings is 2. The van der Waals surface area contributed by atoms with Crippen LogP contribution in [0.2, 0.25) is 0 Å². The third kappa shape index (κ3) is 8.26. The zero-order chi connectivity index (χ0) is 36.8. The number of phenolic OH excluding ortho intramolecular Hbond substituents is 2. The zero-order valence-corrected chi connectivity index (χ0v) is 32.1. The Kier molecular flexibility index (Phi) is 10.8. The quantitative estimate of drug-likeness (QED) is 0.205. The average molecular weight is 727 g/mol. The zero-order valence-electron chi connectivity index (χ0n) is 32.1. The molecule has 8 rings (SSSR count). The summed E-state index contributed by atoms with van der Waals surface area (Å²) in [6.07, 6.45) is 9.37. The van der Waals surface area contributed by atoms with Crippen molar-refractivity contribution in [3.05, 3.63) is 57.6 Å². The van der Waals surface area contributed by atoms with E-state index >= 15 is 0 Å². The van der Waals surface area contributed by atoms with Crippen molar-refractivity contribution in [2.24, 2.45) is 23.7 Å². The number of phenols is 2. The molecule has 6 aliphatic rings. The minimum absolute atomic E-state index is 0.0246. The molecule has 4 heterocycles. The fourth-order valence-corrected chi connectivity index (χ4v) is 9.86. The maximum Gasteiger partial charge on any atom is 0.237 e. The maximum atomic E-state index is 13.9. The maximum absolute atomic E-state index is 13.9. The summed E-state index contributed by atoms with van der Waals surface area (Å²) in [5.74, 6) is 3.24. The normalized spacial score (nSPS) is 28.1. The van der Waals surface area contributed by atoms with Crippen LogP contribution in [0.25, 0.3) is 0 Å². The summed E-state index contributed by atoms with van der Waals surface area (Å²) in [6.45, 7) is 13.8. The lowest BCUT2D eigenvalue weighted by atomic mass is 9.88. The first-order chi connectivity index (χ1) is 25.6. The first kappa shape index (κ1) is 36.8. The van der Waals surface area contributed by atoms with E-state index in [2.05, 4.69) is 44.9 Å². The van der Waals surface area contributed by atoms with Gasteiger partial charge in [0.15, 0.2) is 0 Å². The Bertz CT molecular complexity index is 1660. The number of likely N-dealkylation sites (tertiary alicyclic amines) is 2. The molecule has 6 atom stereocenters. The molecule has 4 aliphatic heterocycles. The van der Waals surface area contributed by atoms with Gasteiger partial charge in [0.05, 0.1) is 12.1 Å². The van der Waals surface area contributed by atoms with Crippen LogP contribution in [0.5, 0.6) is 11.5 Å². The Morgan fingerprint density at radius 1 is 0.736 bits per heavy atom. The van der Waals surface area contributed by atoms with E-state index < -0.39 is 0 Å². The van der Waals surface area contributed by atoms with Crippen LogP contribution < -0.4 is 21.3 Å². The molecule has 288 valence electrons. The Hall–Kier alpha value is -3.18. The van der Waals surface area contributed by atoms with Crippen LogP contribution in [0.1, 0.15) is 98.1 Å². The molecular formula is C43H62N6O4.